The molecule has 1 amide bonds. The number of rotatable bonds is 7. The van der Waals surface area contributed by atoms with Crippen LogP contribution in [-0.2, 0) is 4.79 Å². The van der Waals surface area contributed by atoms with Gasteiger partial charge in [0.25, 0.3) is 0 Å². The Labute approximate surface area is 108 Å². The van der Waals surface area contributed by atoms with Crippen LogP contribution in [0.15, 0.2) is 24.3 Å². The van der Waals surface area contributed by atoms with Crippen LogP contribution in [0.5, 0.6) is 0 Å². The van der Waals surface area contributed by atoms with Crippen molar-refractivity contribution in [2.24, 2.45) is 0 Å². The van der Waals surface area contributed by atoms with E-state index >= 15 is 0 Å². The largest absolute Gasteiger partial charge is 0.372 e. The Morgan fingerprint density at radius 2 is 2.06 bits per heavy atom. The second-order valence-corrected chi connectivity index (χ2v) is 4.34. The molecular formula is C14H21FN2O. The van der Waals surface area contributed by atoms with Crippen molar-refractivity contribution in [3.63, 3.8) is 0 Å². The molecule has 100 valence electrons. The van der Waals surface area contributed by atoms with Crippen LogP contribution in [0.4, 0.5) is 10.1 Å². The lowest BCUT2D eigenvalue weighted by molar-refractivity contribution is -0.121. The molecule has 0 aromatic heterocycles. The van der Waals surface area contributed by atoms with E-state index < -0.39 is 6.04 Å². The van der Waals surface area contributed by atoms with E-state index in [1.807, 2.05) is 0 Å². The minimum absolute atomic E-state index is 0.102. The zero-order valence-corrected chi connectivity index (χ0v) is 11.0. The second kappa shape index (κ2) is 7.69. The summed E-state index contributed by atoms with van der Waals surface area (Å²) in [5, 5.41) is 5.70. The highest BCUT2D eigenvalue weighted by Crippen LogP contribution is 2.13. The summed E-state index contributed by atoms with van der Waals surface area (Å²) in [7, 11) is 0. The molecule has 3 nitrogen and oxygen atoms in total. The molecule has 1 unspecified atom stereocenters. The van der Waals surface area contributed by atoms with E-state index in [0.29, 0.717) is 12.2 Å². The number of carbonyl (C=O) groups is 1. The third-order valence-corrected chi connectivity index (χ3v) is 2.72. The predicted octanol–water partition coefficient (Wildman–Crippen LogP) is 2.93. The number of unbranched alkanes of at least 4 members (excludes halogenated alkanes) is 2. The van der Waals surface area contributed by atoms with E-state index in [0.717, 1.165) is 19.3 Å². The maximum absolute atomic E-state index is 13.4. The lowest BCUT2D eigenvalue weighted by Crippen LogP contribution is -2.38. The summed E-state index contributed by atoms with van der Waals surface area (Å²) in [5.41, 5.74) is 0.355. The number of carbonyl (C=O) groups excluding carboxylic acids is 1. The lowest BCUT2D eigenvalue weighted by Gasteiger charge is -2.15. The zero-order chi connectivity index (χ0) is 13.4. The molecule has 0 aliphatic rings. The normalized spacial score (nSPS) is 11.9. The van der Waals surface area contributed by atoms with Crippen LogP contribution in [-0.4, -0.2) is 18.5 Å². The van der Waals surface area contributed by atoms with Crippen molar-refractivity contribution in [1.29, 1.82) is 0 Å². The summed E-state index contributed by atoms with van der Waals surface area (Å²) in [6, 6.07) is 5.90. The molecule has 18 heavy (non-hydrogen) atoms. The topological polar surface area (TPSA) is 41.1 Å². The van der Waals surface area contributed by atoms with Crippen molar-refractivity contribution < 1.29 is 9.18 Å². The highest BCUT2D eigenvalue weighted by molar-refractivity contribution is 5.84. The van der Waals surface area contributed by atoms with Gasteiger partial charge in [-0.3, -0.25) is 4.79 Å². The van der Waals surface area contributed by atoms with Crippen LogP contribution < -0.4 is 10.6 Å². The second-order valence-electron chi connectivity index (χ2n) is 4.34. The first kappa shape index (κ1) is 14.5. The smallest absolute Gasteiger partial charge is 0.242 e. The zero-order valence-electron chi connectivity index (χ0n) is 11.0. The highest BCUT2D eigenvalue weighted by Gasteiger charge is 2.13. The lowest BCUT2D eigenvalue weighted by atomic mass is 10.2. The van der Waals surface area contributed by atoms with Crippen molar-refractivity contribution in [3.05, 3.63) is 30.1 Å². The Kier molecular flexibility index (Phi) is 6.19. The van der Waals surface area contributed by atoms with E-state index in [1.54, 1.807) is 25.1 Å². The van der Waals surface area contributed by atoms with E-state index in [2.05, 4.69) is 17.6 Å². The van der Waals surface area contributed by atoms with E-state index in [-0.39, 0.29) is 11.7 Å². The number of hydrogen-bond donors (Lipinski definition) is 2. The van der Waals surface area contributed by atoms with Gasteiger partial charge >= 0.3 is 0 Å². The number of para-hydroxylation sites is 1. The summed E-state index contributed by atoms with van der Waals surface area (Å²) in [5.74, 6) is -0.447. The molecule has 2 N–H and O–H groups in total. The Balaban J connectivity index is 2.38. The molecule has 0 spiro atoms. The monoisotopic (exact) mass is 252 g/mol. The van der Waals surface area contributed by atoms with Crippen LogP contribution in [0, 0.1) is 5.82 Å². The molecule has 1 rings (SSSR count). The Hall–Kier alpha value is -1.58. The molecule has 0 fully saturated rings. The quantitative estimate of drug-likeness (QED) is 0.733. The van der Waals surface area contributed by atoms with Gasteiger partial charge in [-0.1, -0.05) is 31.9 Å². The van der Waals surface area contributed by atoms with Gasteiger partial charge < -0.3 is 10.6 Å². The molecule has 0 saturated carbocycles. The van der Waals surface area contributed by atoms with E-state index in [1.165, 1.54) is 6.07 Å². The maximum Gasteiger partial charge on any atom is 0.242 e. The first-order chi connectivity index (χ1) is 8.65. The number of hydrogen-bond acceptors (Lipinski definition) is 2. The molecule has 4 heteroatoms. The summed E-state index contributed by atoms with van der Waals surface area (Å²) in [6.45, 7) is 4.52. The molecule has 0 radical (unpaired) electrons. The molecule has 0 bridgehead atoms. The summed E-state index contributed by atoms with van der Waals surface area (Å²) < 4.78 is 13.4. The summed E-state index contributed by atoms with van der Waals surface area (Å²) in [6.07, 6.45) is 3.21. The van der Waals surface area contributed by atoms with Crippen molar-refractivity contribution in [3.8, 4) is 0 Å². The van der Waals surface area contributed by atoms with Crippen LogP contribution >= 0.6 is 0 Å². The van der Waals surface area contributed by atoms with Gasteiger partial charge in [-0.05, 0) is 25.5 Å². The number of amides is 1. The Bertz CT molecular complexity index is 382. The van der Waals surface area contributed by atoms with Crippen LogP contribution in [0.25, 0.3) is 0 Å². The van der Waals surface area contributed by atoms with Gasteiger partial charge in [-0.25, -0.2) is 4.39 Å². The van der Waals surface area contributed by atoms with Gasteiger partial charge in [0.2, 0.25) is 5.91 Å². The van der Waals surface area contributed by atoms with Crippen molar-refractivity contribution in [1.82, 2.24) is 5.32 Å². The average molecular weight is 252 g/mol. The number of benzene rings is 1. The molecule has 0 aliphatic heterocycles. The van der Waals surface area contributed by atoms with Crippen molar-refractivity contribution in [2.45, 2.75) is 39.2 Å². The van der Waals surface area contributed by atoms with Crippen LogP contribution in [0.2, 0.25) is 0 Å². The molecule has 0 aliphatic carbocycles. The predicted molar refractivity (Wildman–Crippen MR) is 72.0 cm³/mol. The van der Waals surface area contributed by atoms with Crippen molar-refractivity contribution >= 4 is 11.6 Å². The minimum atomic E-state index is -0.441. The highest BCUT2D eigenvalue weighted by atomic mass is 19.1. The molecule has 1 atom stereocenters. The fourth-order valence-corrected chi connectivity index (χ4v) is 1.62. The van der Waals surface area contributed by atoms with Crippen LogP contribution in [0.1, 0.15) is 33.1 Å². The number of halogens is 1. The van der Waals surface area contributed by atoms with Gasteiger partial charge in [-0.2, -0.15) is 0 Å². The SMILES string of the molecule is CCCCCNC(=O)C(C)Nc1ccccc1F. The van der Waals surface area contributed by atoms with E-state index in [4.69, 9.17) is 0 Å². The summed E-state index contributed by atoms with van der Waals surface area (Å²) >= 11 is 0. The maximum atomic E-state index is 13.4. The van der Waals surface area contributed by atoms with Gasteiger partial charge in [0.05, 0.1) is 5.69 Å². The van der Waals surface area contributed by atoms with E-state index in [9.17, 15) is 9.18 Å². The third-order valence-electron chi connectivity index (χ3n) is 2.72. The minimum Gasteiger partial charge on any atom is -0.372 e. The van der Waals surface area contributed by atoms with Gasteiger partial charge in [-0.15, -0.1) is 0 Å². The average Bonchev–Trinajstić information content (AvgIpc) is 2.37. The number of anilines is 1. The van der Waals surface area contributed by atoms with Crippen molar-refractivity contribution in [2.75, 3.05) is 11.9 Å². The van der Waals surface area contributed by atoms with Crippen LogP contribution in [0.3, 0.4) is 0 Å². The van der Waals surface area contributed by atoms with Gasteiger partial charge in [0.1, 0.15) is 11.9 Å². The third kappa shape index (κ3) is 4.73. The molecule has 0 saturated heterocycles. The standard InChI is InChI=1S/C14H21FN2O/c1-3-4-7-10-16-14(18)11(2)17-13-9-6-5-8-12(13)15/h5-6,8-9,11,17H,3-4,7,10H2,1-2H3,(H,16,18). The Morgan fingerprint density at radius 1 is 1.33 bits per heavy atom. The molecule has 0 heterocycles. The first-order valence-electron chi connectivity index (χ1n) is 6.44. The molecular weight excluding hydrogens is 231 g/mol. The fraction of sp³-hybridized carbons (Fsp3) is 0.500. The first-order valence-corrected chi connectivity index (χ1v) is 6.44. The molecule has 1 aromatic rings. The van der Waals surface area contributed by atoms with Gasteiger partial charge in [0.15, 0.2) is 0 Å². The molecule has 1 aromatic carbocycles. The summed E-state index contributed by atoms with van der Waals surface area (Å²) in [4.78, 5) is 11.7. The number of nitrogens with one attached hydrogen (secondary N) is 2. The fourth-order valence-electron chi connectivity index (χ4n) is 1.62. The Morgan fingerprint density at radius 3 is 2.72 bits per heavy atom. The van der Waals surface area contributed by atoms with Gasteiger partial charge in [0, 0.05) is 6.54 Å².